The van der Waals surface area contributed by atoms with Crippen molar-refractivity contribution >= 4 is 35.9 Å². The van der Waals surface area contributed by atoms with E-state index in [2.05, 4.69) is 0 Å². The highest BCUT2D eigenvalue weighted by atomic mass is 32.2. The summed E-state index contributed by atoms with van der Waals surface area (Å²) in [5.41, 5.74) is 4.84. The van der Waals surface area contributed by atoms with Crippen LogP contribution in [-0.2, 0) is 30.5 Å². The van der Waals surface area contributed by atoms with Crippen molar-refractivity contribution in [2.45, 2.75) is 12.5 Å². The molecule has 0 aliphatic carbocycles. The second-order valence-electron chi connectivity index (χ2n) is 2.05. The van der Waals surface area contributed by atoms with Gasteiger partial charge in [0, 0.05) is 0 Å². The van der Waals surface area contributed by atoms with Gasteiger partial charge in [-0.2, -0.15) is 4.21 Å². The first-order valence-electron chi connectivity index (χ1n) is 3.58. The molecule has 1 atom stereocenters. The Morgan fingerprint density at radius 2 is 1.47 bits per heavy atom. The lowest BCUT2D eigenvalue weighted by Gasteiger charge is -1.99. The molecule has 0 saturated heterocycles. The van der Waals surface area contributed by atoms with Crippen molar-refractivity contribution < 1.29 is 42.7 Å². The topological polar surface area (TPSA) is 192 Å². The number of aliphatic carboxylic acids is 2. The quantitative estimate of drug-likeness (QED) is 0.216. The molecule has 0 fully saturated rings. The van der Waals surface area contributed by atoms with Crippen molar-refractivity contribution in [2.24, 2.45) is 5.73 Å². The van der Waals surface area contributed by atoms with Gasteiger partial charge in [-0.25, -0.2) is 0 Å². The number of carboxylic acid groups (broad SMARTS) is 2. The highest BCUT2D eigenvalue weighted by Crippen LogP contribution is 1.86. The highest BCUT2D eigenvalue weighted by molar-refractivity contribution is 7.73. The maximum atomic E-state index is 9.85. The molecule has 11 heteroatoms. The van der Waals surface area contributed by atoms with Crippen LogP contribution in [0.5, 0.6) is 0 Å². The van der Waals surface area contributed by atoms with Crippen LogP contribution in [0.4, 0.5) is 0 Å². The predicted octanol–water partition coefficient (Wildman–Crippen LogP) is -2.06. The van der Waals surface area contributed by atoms with Crippen LogP contribution in [-0.4, -0.2) is 54.1 Å². The largest absolute Gasteiger partial charge is 0.481 e. The number of nitrogens with two attached hydrogens (primary N) is 1. The number of aldehydes is 2. The van der Waals surface area contributed by atoms with Gasteiger partial charge in [-0.15, -0.1) is 0 Å². The summed E-state index contributed by atoms with van der Waals surface area (Å²) >= 11 is -2.61. The van der Waals surface area contributed by atoms with Gasteiger partial charge in [-0.05, 0) is 0 Å². The summed E-state index contributed by atoms with van der Waals surface area (Å²) in [6.07, 6.45) is -0.144. The first-order valence-corrected chi connectivity index (χ1v) is 4.64. The molecule has 6 N–H and O–H groups in total. The molecule has 0 heterocycles. The van der Waals surface area contributed by atoms with Gasteiger partial charge in [-0.3, -0.25) is 28.3 Å². The lowest BCUT2D eigenvalue weighted by atomic mass is 10.2. The molecule has 0 spiro atoms. The van der Waals surface area contributed by atoms with E-state index in [1.807, 2.05) is 0 Å². The van der Waals surface area contributed by atoms with E-state index in [4.69, 9.17) is 38.9 Å². The maximum absolute atomic E-state index is 9.85. The van der Waals surface area contributed by atoms with Crippen molar-refractivity contribution in [2.75, 3.05) is 0 Å². The van der Waals surface area contributed by atoms with Crippen molar-refractivity contribution in [3.63, 3.8) is 0 Å². The van der Waals surface area contributed by atoms with Crippen molar-refractivity contribution in [3.8, 4) is 0 Å². The van der Waals surface area contributed by atoms with Gasteiger partial charge >= 0.3 is 11.9 Å². The number of carbonyl (C=O) groups is 4. The second kappa shape index (κ2) is 14.3. The lowest BCUT2D eigenvalue weighted by molar-refractivity contribution is -0.144. The Morgan fingerprint density at radius 3 is 1.53 bits per heavy atom. The van der Waals surface area contributed by atoms with Crippen LogP contribution in [0.1, 0.15) is 6.42 Å². The summed E-state index contributed by atoms with van der Waals surface area (Å²) in [4.78, 5) is 37.2. The molecule has 0 unspecified atom stereocenters. The van der Waals surface area contributed by atoms with Gasteiger partial charge in [0.1, 0.15) is 6.04 Å². The van der Waals surface area contributed by atoms with E-state index in [1.165, 1.54) is 0 Å². The molecular formula is C6H11NO9S. The first-order chi connectivity index (χ1) is 7.68. The van der Waals surface area contributed by atoms with Gasteiger partial charge in [-0.1, -0.05) is 0 Å². The molecule has 10 nitrogen and oxygen atoms in total. The smallest absolute Gasteiger partial charge is 0.321 e. The Balaban J connectivity index is -0.000000205. The molecule has 0 bridgehead atoms. The van der Waals surface area contributed by atoms with E-state index >= 15 is 0 Å². The molecule has 0 aliphatic rings. The van der Waals surface area contributed by atoms with Crippen LogP contribution >= 0.6 is 0 Å². The van der Waals surface area contributed by atoms with Gasteiger partial charge in [0.15, 0.2) is 12.6 Å². The van der Waals surface area contributed by atoms with Crippen LogP contribution in [0.3, 0.4) is 0 Å². The Labute approximate surface area is 97.5 Å². The first kappa shape index (κ1) is 20.7. The zero-order chi connectivity index (χ0) is 14.4. The molecule has 0 rings (SSSR count). The highest BCUT2D eigenvalue weighted by Gasteiger charge is 2.14. The van der Waals surface area contributed by atoms with Crippen LogP contribution < -0.4 is 5.73 Å². The maximum Gasteiger partial charge on any atom is 0.321 e. The van der Waals surface area contributed by atoms with Crippen LogP contribution in [0.2, 0.25) is 0 Å². The van der Waals surface area contributed by atoms with Gasteiger partial charge in [0.2, 0.25) is 0 Å². The summed E-state index contributed by atoms with van der Waals surface area (Å²) in [5.74, 6) is -2.50. The van der Waals surface area contributed by atoms with Crippen molar-refractivity contribution in [1.29, 1.82) is 0 Å². The molecule has 0 amide bonds. The molecule has 0 aromatic rings. The molecule has 0 aromatic heterocycles. The normalized spacial score (nSPS) is 9.88. The molecule has 0 aromatic carbocycles. The number of hydrogen-bond acceptors (Lipinski definition) is 6. The average Bonchev–Trinajstić information content (AvgIpc) is 2.16. The average molecular weight is 273 g/mol. The predicted molar refractivity (Wildman–Crippen MR) is 53.4 cm³/mol. The van der Waals surface area contributed by atoms with E-state index in [0.717, 1.165) is 0 Å². The monoisotopic (exact) mass is 273 g/mol. The zero-order valence-electron chi connectivity index (χ0n) is 8.25. The third-order valence-electron chi connectivity index (χ3n) is 0.767. The number of hydrogen-bond donors (Lipinski definition) is 5. The molecular weight excluding hydrogens is 262 g/mol. The summed E-state index contributed by atoms with van der Waals surface area (Å²) in [6, 6.07) is -1.29. The minimum absolute atomic E-state index is 0.194. The fraction of sp³-hybridized carbons (Fsp3) is 0.333. The molecule has 100 valence electrons. The van der Waals surface area contributed by atoms with Gasteiger partial charge in [0.25, 0.3) is 11.4 Å². The zero-order valence-corrected chi connectivity index (χ0v) is 9.07. The Hall–Kier alpha value is -1.69. The summed E-state index contributed by atoms with van der Waals surface area (Å²) in [5, 5.41) is 16.0. The minimum atomic E-state index is -2.61. The fourth-order valence-corrected chi connectivity index (χ4v) is 0.275. The SMILES string of the molecule is N[C@@H](CC(=O)O)C(=O)O.O=CC=O.O=S(O)O. The summed E-state index contributed by atoms with van der Waals surface area (Å²) in [7, 11) is 0. The standard InChI is InChI=1S/C4H7NO4.C2H2O2.H2O3S/c5-2(4(8)9)1-3(6)7;3-1-2-4;1-4(2)3/h2H,1,5H2,(H,6,7)(H,8,9);1-2H;(H2,1,2,3)/t2-;;/m0../s1. The third-order valence-corrected chi connectivity index (χ3v) is 0.767. The molecule has 0 saturated carbocycles. The molecule has 0 aliphatic heterocycles. The van der Waals surface area contributed by atoms with E-state index in [1.54, 1.807) is 0 Å². The summed E-state index contributed by atoms with van der Waals surface area (Å²) in [6.45, 7) is 0. The third kappa shape index (κ3) is 40.6. The Morgan fingerprint density at radius 1 is 1.18 bits per heavy atom. The number of rotatable bonds is 4. The fourth-order valence-electron chi connectivity index (χ4n) is 0.275. The van der Waals surface area contributed by atoms with Crippen LogP contribution in [0.25, 0.3) is 0 Å². The van der Waals surface area contributed by atoms with E-state index < -0.39 is 35.8 Å². The van der Waals surface area contributed by atoms with Crippen molar-refractivity contribution in [3.05, 3.63) is 0 Å². The van der Waals surface area contributed by atoms with E-state index in [-0.39, 0.29) is 12.6 Å². The van der Waals surface area contributed by atoms with E-state index in [0.29, 0.717) is 0 Å². The Kier molecular flexibility index (Phi) is 17.4. The Bertz CT molecular complexity index is 269. The van der Waals surface area contributed by atoms with Gasteiger partial charge < -0.3 is 15.9 Å². The van der Waals surface area contributed by atoms with Gasteiger partial charge in [0.05, 0.1) is 6.42 Å². The second-order valence-corrected chi connectivity index (χ2v) is 2.51. The number of carbonyl (C=O) groups excluding carboxylic acids is 2. The van der Waals surface area contributed by atoms with Crippen molar-refractivity contribution in [1.82, 2.24) is 0 Å². The van der Waals surface area contributed by atoms with Crippen LogP contribution in [0.15, 0.2) is 0 Å². The number of carboxylic acids is 2. The van der Waals surface area contributed by atoms with E-state index in [9.17, 15) is 9.59 Å². The minimum Gasteiger partial charge on any atom is -0.481 e. The molecule has 0 radical (unpaired) electrons. The lowest BCUT2D eigenvalue weighted by Crippen LogP contribution is -2.32. The summed E-state index contributed by atoms with van der Waals surface area (Å²) < 4.78 is 22.8. The molecule has 17 heavy (non-hydrogen) atoms. The van der Waals surface area contributed by atoms with Crippen LogP contribution in [0, 0.1) is 0 Å².